The number of likely N-dealkylation sites (tertiary alicyclic amines) is 2. The van der Waals surface area contributed by atoms with Gasteiger partial charge < -0.3 is 29.5 Å². The van der Waals surface area contributed by atoms with Gasteiger partial charge >= 0.3 is 6.03 Å². The first-order chi connectivity index (χ1) is 17.1. The van der Waals surface area contributed by atoms with Gasteiger partial charge in [0, 0.05) is 39.3 Å². The molecule has 4 saturated heterocycles. The summed E-state index contributed by atoms with van der Waals surface area (Å²) >= 11 is 0. The molecule has 3 amide bonds. The molecule has 10 nitrogen and oxygen atoms in total. The van der Waals surface area contributed by atoms with Gasteiger partial charge in [0.25, 0.3) is 0 Å². The van der Waals surface area contributed by atoms with E-state index in [4.69, 9.17) is 9.47 Å². The number of hydrogen-bond donors (Lipinski definition) is 1. The van der Waals surface area contributed by atoms with Crippen LogP contribution >= 0.6 is 0 Å². The summed E-state index contributed by atoms with van der Waals surface area (Å²) in [5.74, 6) is 0.00151. The largest absolute Gasteiger partial charge is 0.376 e. The minimum Gasteiger partial charge on any atom is -0.376 e. The zero-order chi connectivity index (χ0) is 24.2. The van der Waals surface area contributed by atoms with Gasteiger partial charge in [0.1, 0.15) is 6.10 Å². The molecule has 192 valence electrons. The molecule has 35 heavy (non-hydrogen) atoms. The molecule has 3 atom stereocenters. The lowest BCUT2D eigenvalue weighted by atomic mass is 9.95. The summed E-state index contributed by atoms with van der Waals surface area (Å²) in [5, 5.41) is 3.18. The minimum atomic E-state index is -0.446. The van der Waals surface area contributed by atoms with Crippen molar-refractivity contribution in [3.05, 3.63) is 18.2 Å². The van der Waals surface area contributed by atoms with Crippen molar-refractivity contribution < 1.29 is 23.5 Å². The first-order valence-corrected chi connectivity index (χ1v) is 12.9. The first kappa shape index (κ1) is 24.2. The van der Waals surface area contributed by atoms with E-state index in [0.717, 1.165) is 71.1 Å². The molecule has 0 radical (unpaired) electrons. The first-order valence-electron chi connectivity index (χ1n) is 12.9. The van der Waals surface area contributed by atoms with E-state index < -0.39 is 11.9 Å². The molecular weight excluding hydrogens is 455 g/mol. The summed E-state index contributed by atoms with van der Waals surface area (Å²) < 4.78 is 25.1. The number of amides is 3. The van der Waals surface area contributed by atoms with Gasteiger partial charge in [0.05, 0.1) is 37.2 Å². The Morgan fingerprint density at radius 1 is 1.03 bits per heavy atom. The summed E-state index contributed by atoms with van der Waals surface area (Å²) in [6, 6.07) is -0.316. The fourth-order valence-corrected chi connectivity index (χ4v) is 5.34. The van der Waals surface area contributed by atoms with Gasteiger partial charge in [-0.15, -0.1) is 0 Å². The number of carbonyl (C=O) groups is 2. The van der Waals surface area contributed by atoms with Crippen LogP contribution in [0.2, 0.25) is 0 Å². The highest BCUT2D eigenvalue weighted by Gasteiger charge is 2.40. The van der Waals surface area contributed by atoms with E-state index in [-0.39, 0.29) is 30.1 Å². The van der Waals surface area contributed by atoms with E-state index in [1.165, 1.54) is 12.4 Å². The Balaban J connectivity index is 1.19. The molecule has 1 aromatic rings. The van der Waals surface area contributed by atoms with Gasteiger partial charge in [-0.25, -0.2) is 19.2 Å². The highest BCUT2D eigenvalue weighted by atomic mass is 19.1. The summed E-state index contributed by atoms with van der Waals surface area (Å²) in [5.41, 5.74) is 0. The Labute approximate surface area is 205 Å². The van der Waals surface area contributed by atoms with Crippen molar-refractivity contribution in [3.8, 4) is 0 Å². The average Bonchev–Trinajstić information content (AvgIpc) is 3.38. The number of urea groups is 1. The Bertz CT molecular complexity index is 871. The molecule has 0 aliphatic carbocycles. The maximum atomic E-state index is 13.2. The van der Waals surface area contributed by atoms with Gasteiger partial charge in [-0.2, -0.15) is 0 Å². The van der Waals surface area contributed by atoms with Crippen molar-refractivity contribution in [2.75, 3.05) is 50.8 Å². The summed E-state index contributed by atoms with van der Waals surface area (Å²) in [7, 11) is 0. The third kappa shape index (κ3) is 5.66. The van der Waals surface area contributed by atoms with Crippen LogP contribution in [0.4, 0.5) is 15.1 Å². The zero-order valence-corrected chi connectivity index (χ0v) is 20.1. The molecule has 0 spiro atoms. The van der Waals surface area contributed by atoms with Crippen molar-refractivity contribution in [2.45, 2.75) is 69.2 Å². The van der Waals surface area contributed by atoms with Gasteiger partial charge in [0.15, 0.2) is 5.82 Å². The normalized spacial score (nSPS) is 27.6. The van der Waals surface area contributed by atoms with Crippen LogP contribution in [0.5, 0.6) is 0 Å². The molecule has 4 aliphatic rings. The summed E-state index contributed by atoms with van der Waals surface area (Å²) in [6.07, 6.45) is 7.95. The zero-order valence-electron chi connectivity index (χ0n) is 20.1. The molecule has 0 saturated carbocycles. The fraction of sp³-hybridized carbons (Fsp3) is 0.750. The number of piperidine rings is 2. The fourth-order valence-electron chi connectivity index (χ4n) is 5.34. The predicted molar refractivity (Wildman–Crippen MR) is 125 cm³/mol. The Morgan fingerprint density at radius 2 is 1.80 bits per heavy atom. The minimum absolute atomic E-state index is 0.0455. The maximum Gasteiger partial charge on any atom is 0.320 e. The Kier molecular flexibility index (Phi) is 7.62. The second kappa shape index (κ2) is 11.0. The molecule has 0 unspecified atom stereocenters. The van der Waals surface area contributed by atoms with E-state index in [2.05, 4.69) is 15.3 Å². The van der Waals surface area contributed by atoms with Crippen molar-refractivity contribution in [2.24, 2.45) is 0 Å². The highest BCUT2D eigenvalue weighted by Crippen LogP contribution is 2.25. The summed E-state index contributed by atoms with van der Waals surface area (Å²) in [6.45, 7) is 4.70. The van der Waals surface area contributed by atoms with Crippen LogP contribution in [0.1, 0.15) is 44.9 Å². The molecule has 1 N–H and O–H groups in total. The SMILES string of the molecule is O=C(N[C@@H]1CCCN(C(=O)N2CCC2)[C@@H]1COC1CCN(c2ncc(F)cn2)CC1)[C@@H]1CCCO1. The number of hydrogen-bond acceptors (Lipinski definition) is 7. The lowest BCUT2D eigenvalue weighted by Crippen LogP contribution is -2.63. The third-order valence-corrected chi connectivity index (χ3v) is 7.54. The highest BCUT2D eigenvalue weighted by molar-refractivity contribution is 5.81. The van der Waals surface area contributed by atoms with E-state index >= 15 is 0 Å². The van der Waals surface area contributed by atoms with E-state index in [1.54, 1.807) is 0 Å². The van der Waals surface area contributed by atoms with Gasteiger partial charge in [-0.05, 0) is 44.9 Å². The molecule has 5 rings (SSSR count). The number of ether oxygens (including phenoxy) is 2. The quantitative estimate of drug-likeness (QED) is 0.646. The average molecular weight is 491 g/mol. The molecule has 5 heterocycles. The molecule has 1 aromatic heterocycles. The lowest BCUT2D eigenvalue weighted by Gasteiger charge is -2.45. The van der Waals surface area contributed by atoms with Gasteiger partial charge in [-0.3, -0.25) is 4.79 Å². The Hall–Kier alpha value is -2.53. The van der Waals surface area contributed by atoms with E-state index in [0.29, 0.717) is 25.7 Å². The monoisotopic (exact) mass is 490 g/mol. The molecule has 0 aromatic carbocycles. The van der Waals surface area contributed by atoms with Crippen LogP contribution in [-0.2, 0) is 14.3 Å². The number of nitrogens with one attached hydrogen (secondary N) is 1. The molecule has 11 heteroatoms. The van der Waals surface area contributed by atoms with Gasteiger partial charge in [-0.1, -0.05) is 0 Å². The molecule has 4 fully saturated rings. The number of halogens is 1. The van der Waals surface area contributed by atoms with Crippen molar-refractivity contribution in [1.29, 1.82) is 0 Å². The Morgan fingerprint density at radius 3 is 2.46 bits per heavy atom. The number of carbonyl (C=O) groups excluding carboxylic acids is 2. The molecular formula is C24H35FN6O4. The summed E-state index contributed by atoms with van der Waals surface area (Å²) in [4.78, 5) is 39.9. The standard InChI is InChI=1S/C24H35FN6O4/c25-17-14-26-23(27-15-17)29-11-6-18(7-12-29)35-16-20-19(28-22(32)21-5-2-13-34-21)4-1-10-31(20)24(33)30-8-3-9-30/h14-15,18-21H,1-13,16H2,(H,28,32)/t19-,20-,21+/m1/s1. The predicted octanol–water partition coefficient (Wildman–Crippen LogP) is 1.56. The van der Waals surface area contributed by atoms with Crippen molar-refractivity contribution in [3.63, 3.8) is 0 Å². The molecule has 4 aliphatic heterocycles. The smallest absolute Gasteiger partial charge is 0.320 e. The van der Waals surface area contributed by atoms with E-state index in [1.807, 2.05) is 14.7 Å². The van der Waals surface area contributed by atoms with E-state index in [9.17, 15) is 14.0 Å². The third-order valence-electron chi connectivity index (χ3n) is 7.54. The number of nitrogens with zero attached hydrogens (tertiary/aromatic N) is 5. The van der Waals surface area contributed by atoms with Crippen LogP contribution in [0.15, 0.2) is 12.4 Å². The van der Waals surface area contributed by atoms with Crippen LogP contribution in [0, 0.1) is 5.82 Å². The number of rotatable bonds is 6. The second-order valence-corrected chi connectivity index (χ2v) is 9.86. The number of aromatic nitrogens is 2. The van der Waals surface area contributed by atoms with Crippen molar-refractivity contribution >= 4 is 17.9 Å². The second-order valence-electron chi connectivity index (χ2n) is 9.86. The van der Waals surface area contributed by atoms with Crippen LogP contribution in [-0.4, -0.2) is 102 Å². The van der Waals surface area contributed by atoms with Crippen molar-refractivity contribution in [1.82, 2.24) is 25.1 Å². The number of anilines is 1. The van der Waals surface area contributed by atoms with Crippen LogP contribution < -0.4 is 10.2 Å². The van der Waals surface area contributed by atoms with Crippen LogP contribution in [0.3, 0.4) is 0 Å². The van der Waals surface area contributed by atoms with Crippen LogP contribution in [0.25, 0.3) is 0 Å². The topological polar surface area (TPSA) is 100 Å². The molecule has 0 bridgehead atoms. The lowest BCUT2D eigenvalue weighted by molar-refractivity contribution is -0.132. The maximum absolute atomic E-state index is 13.2. The van der Waals surface area contributed by atoms with Gasteiger partial charge in [0.2, 0.25) is 11.9 Å².